The van der Waals surface area contributed by atoms with Gasteiger partial charge in [0.15, 0.2) is 27.5 Å². The quantitative estimate of drug-likeness (QED) is 0.126. The number of fused-ring (bicyclic) bond motifs is 2. The van der Waals surface area contributed by atoms with Crippen molar-refractivity contribution >= 4 is 68.3 Å². The van der Waals surface area contributed by atoms with Gasteiger partial charge in [0.1, 0.15) is 6.42 Å². The van der Waals surface area contributed by atoms with Crippen molar-refractivity contribution in [2.45, 2.75) is 64.1 Å². The van der Waals surface area contributed by atoms with E-state index in [9.17, 15) is 14.7 Å². The summed E-state index contributed by atoms with van der Waals surface area (Å²) in [7, 11) is 0. The minimum Gasteiger partial charge on any atom is -0.370 e. The Morgan fingerprint density at radius 2 is 1.52 bits per heavy atom. The average molecular weight is 695 g/mol. The summed E-state index contributed by atoms with van der Waals surface area (Å²) in [4.78, 5) is 31.5. The van der Waals surface area contributed by atoms with Crippen LogP contribution in [-0.2, 0) is 21.0 Å². The lowest BCUT2D eigenvalue weighted by Crippen LogP contribution is -2.35. The van der Waals surface area contributed by atoms with Crippen molar-refractivity contribution in [2.24, 2.45) is 0 Å². The first-order valence-electron chi connectivity index (χ1n) is 15.2. The van der Waals surface area contributed by atoms with Gasteiger partial charge >= 0.3 is 5.97 Å². The number of unbranched alkanes of at least 4 members (excludes halogenated alkanes) is 3. The maximum Gasteiger partial charge on any atom is 0.332 e. The molecule has 3 aromatic carbocycles. The van der Waals surface area contributed by atoms with Crippen LogP contribution < -0.4 is 4.90 Å². The molecule has 9 heteroatoms. The molecule has 230 valence electrons. The molecule has 0 spiro atoms. The molecule has 1 N–H and O–H groups in total. The number of anilines is 2. The fourth-order valence-corrected chi connectivity index (χ4v) is 8.33. The Hall–Kier alpha value is -2.85. The molecule has 2 aliphatic rings. The number of carbonyl (C=O) groups excluding carboxylic acids is 2. The standard InChI is InChI=1S/C35H38BrN2O4S2/c36-22-10-12-24-44-35(43-23-11-2-5-19-33(41)42-38-31(39)20-21-32(38)40)34-27-15-6-8-17-29(27)37(25-26-13-3-1-4-14-26)30-18-9-7-16-28(30)34/h1,3-4,6-9,13-18,22,31,39H,2,5,10-12,19-21,23-25H2/q+1. The maximum atomic E-state index is 12.2. The zero-order chi connectivity index (χ0) is 30.7. The Morgan fingerprint density at radius 3 is 2.16 bits per heavy atom. The molecule has 0 saturated carbocycles. The smallest absolute Gasteiger partial charge is 0.332 e. The lowest BCUT2D eigenvalue weighted by Gasteiger charge is -2.35. The number of aliphatic hydroxyl groups excluding tert-OH is 1. The third kappa shape index (κ3) is 8.24. The van der Waals surface area contributed by atoms with Crippen molar-refractivity contribution in [1.82, 2.24) is 5.06 Å². The molecule has 2 aliphatic heterocycles. The van der Waals surface area contributed by atoms with Gasteiger partial charge in [0.25, 0.3) is 5.91 Å². The van der Waals surface area contributed by atoms with Crippen LogP contribution in [0.3, 0.4) is 0 Å². The minimum atomic E-state index is -1.03. The van der Waals surface area contributed by atoms with E-state index >= 15 is 0 Å². The molecule has 0 bridgehead atoms. The Kier molecular flexibility index (Phi) is 12.2. The summed E-state index contributed by atoms with van der Waals surface area (Å²) in [5.74, 6) is 1.15. The van der Waals surface area contributed by atoms with Crippen molar-refractivity contribution in [2.75, 3.05) is 16.4 Å². The molecule has 0 aromatic heterocycles. The molecular weight excluding hydrogens is 656 g/mol. The Labute approximate surface area is 277 Å². The van der Waals surface area contributed by atoms with Crippen LogP contribution in [-0.4, -0.2) is 39.8 Å². The largest absolute Gasteiger partial charge is 0.370 e. The zero-order valence-electron chi connectivity index (χ0n) is 24.7. The van der Waals surface area contributed by atoms with E-state index in [2.05, 4.69) is 99.7 Å². The highest BCUT2D eigenvalue weighted by atomic mass is 79.9. The van der Waals surface area contributed by atoms with Crippen LogP contribution in [0.15, 0.2) is 83.1 Å². The Bertz CT molecular complexity index is 1400. The van der Waals surface area contributed by atoms with Gasteiger partial charge in [-0.25, -0.2) is 4.79 Å². The van der Waals surface area contributed by atoms with Crippen LogP contribution >= 0.6 is 39.5 Å². The summed E-state index contributed by atoms with van der Waals surface area (Å²) in [6, 6.07) is 28.1. The normalized spacial score (nSPS) is 15.6. The number of halogens is 1. The van der Waals surface area contributed by atoms with Gasteiger partial charge in [-0.2, -0.15) is 0 Å². The number of para-hydroxylation sites is 2. The molecule has 1 fully saturated rings. The zero-order valence-corrected chi connectivity index (χ0v) is 27.9. The highest BCUT2D eigenvalue weighted by Crippen LogP contribution is 2.50. The third-order valence-electron chi connectivity index (χ3n) is 7.60. The molecule has 5 rings (SSSR count). The van der Waals surface area contributed by atoms with Crippen molar-refractivity contribution in [3.8, 4) is 0 Å². The second-order valence-electron chi connectivity index (χ2n) is 10.8. The first-order valence-corrected chi connectivity index (χ1v) is 18.1. The molecular formula is C35H38BrN2O4S2+. The van der Waals surface area contributed by atoms with Gasteiger partial charge in [-0.15, -0.1) is 28.6 Å². The van der Waals surface area contributed by atoms with E-state index < -0.39 is 12.2 Å². The van der Waals surface area contributed by atoms with E-state index in [0.29, 0.717) is 12.8 Å². The van der Waals surface area contributed by atoms with Gasteiger partial charge in [0, 0.05) is 63.9 Å². The number of carbonyl (C=O) groups is 2. The van der Waals surface area contributed by atoms with Crippen LogP contribution in [0.4, 0.5) is 11.4 Å². The second kappa shape index (κ2) is 16.5. The number of thioether (sulfide) groups is 2. The van der Waals surface area contributed by atoms with Gasteiger partial charge in [-0.3, -0.25) is 4.79 Å². The highest BCUT2D eigenvalue weighted by molar-refractivity contribution is 9.10. The first-order chi connectivity index (χ1) is 21.6. The van der Waals surface area contributed by atoms with E-state index in [1.54, 1.807) is 0 Å². The van der Waals surface area contributed by atoms with Crippen molar-refractivity contribution in [3.05, 3.63) is 105 Å². The summed E-state index contributed by atoms with van der Waals surface area (Å²) in [5, 5.41) is 12.7. The third-order valence-corrected chi connectivity index (χ3v) is 10.7. The van der Waals surface area contributed by atoms with Gasteiger partial charge in [-0.1, -0.05) is 73.2 Å². The molecule has 1 saturated heterocycles. The van der Waals surface area contributed by atoms with E-state index in [4.69, 9.17) is 4.84 Å². The van der Waals surface area contributed by atoms with Crippen molar-refractivity contribution in [3.63, 3.8) is 0 Å². The van der Waals surface area contributed by atoms with Crippen LogP contribution in [0.5, 0.6) is 0 Å². The van der Waals surface area contributed by atoms with Crippen LogP contribution in [0.25, 0.3) is 5.57 Å². The van der Waals surface area contributed by atoms with Gasteiger partial charge in [0.2, 0.25) is 0 Å². The molecule has 0 aliphatic carbocycles. The molecule has 44 heavy (non-hydrogen) atoms. The summed E-state index contributed by atoms with van der Waals surface area (Å²) >= 11 is 7.29. The van der Waals surface area contributed by atoms with E-state index in [1.165, 1.54) is 37.9 Å². The summed E-state index contributed by atoms with van der Waals surface area (Å²) < 4.78 is 1.33. The van der Waals surface area contributed by atoms with Crippen LogP contribution in [0, 0.1) is 5.33 Å². The summed E-state index contributed by atoms with van der Waals surface area (Å²) in [6.07, 6.45) is 4.33. The number of hydrogen-bond acceptors (Lipinski definition) is 7. The van der Waals surface area contributed by atoms with Crippen molar-refractivity contribution in [1.29, 1.82) is 0 Å². The summed E-state index contributed by atoms with van der Waals surface area (Å²) in [6.45, 7) is 0.798. The molecule has 3 aromatic rings. The molecule has 0 radical (unpaired) electrons. The maximum absolute atomic E-state index is 12.2. The second-order valence-corrected chi connectivity index (χ2v) is 13.9. The fraction of sp³-hybridized carbons (Fsp3) is 0.343. The van der Waals surface area contributed by atoms with Crippen molar-refractivity contribution < 1.29 is 19.5 Å². The number of benzene rings is 3. The average Bonchev–Trinajstić information content (AvgIpc) is 3.36. The van der Waals surface area contributed by atoms with E-state index in [-0.39, 0.29) is 18.7 Å². The Morgan fingerprint density at radius 1 is 0.886 bits per heavy atom. The number of aliphatic hydroxyl groups is 1. The highest BCUT2D eigenvalue weighted by Gasteiger charge is 2.33. The molecule has 1 unspecified atom stereocenters. The number of nitrogens with zero attached hydrogens (tertiary/aromatic N) is 2. The summed E-state index contributed by atoms with van der Waals surface area (Å²) in [5.41, 5.74) is 7.52. The van der Waals surface area contributed by atoms with E-state index in [1.807, 2.05) is 28.9 Å². The molecule has 1 amide bonds. The van der Waals surface area contributed by atoms with E-state index in [0.717, 1.165) is 48.8 Å². The number of hydroxylamine groups is 2. The first kappa shape index (κ1) is 32.5. The topological polar surface area (TPSA) is 70.1 Å². The SMILES string of the molecule is O=C(CCCCCSC(SCCC[CH+]Br)=C1c2ccccc2N(Cc2ccccc2)c2ccccc21)ON1C(=O)CCC1O. The number of amides is 1. The number of rotatable bonds is 15. The van der Waals surface area contributed by atoms with Crippen LogP contribution in [0.2, 0.25) is 0 Å². The Balaban J connectivity index is 1.30. The van der Waals surface area contributed by atoms with Gasteiger partial charge in [0.05, 0.1) is 0 Å². The fourth-order valence-electron chi connectivity index (χ4n) is 5.41. The molecule has 2 heterocycles. The lowest BCUT2D eigenvalue weighted by molar-refractivity contribution is -0.220. The predicted molar refractivity (Wildman–Crippen MR) is 185 cm³/mol. The van der Waals surface area contributed by atoms with Crippen LogP contribution in [0.1, 0.15) is 68.1 Å². The van der Waals surface area contributed by atoms with Gasteiger partial charge < -0.3 is 14.8 Å². The van der Waals surface area contributed by atoms with Gasteiger partial charge in [-0.05, 0) is 42.7 Å². The molecule has 1 atom stereocenters. The number of hydrogen-bond donors (Lipinski definition) is 1. The predicted octanol–water partition coefficient (Wildman–Crippen LogP) is 8.82. The molecule has 6 nitrogen and oxygen atoms in total. The monoisotopic (exact) mass is 693 g/mol. The lowest BCUT2D eigenvalue weighted by atomic mass is 9.91. The minimum absolute atomic E-state index is 0.204.